The van der Waals surface area contributed by atoms with Crippen LogP contribution in [0.4, 0.5) is 0 Å². The second-order valence-corrected chi connectivity index (χ2v) is 9.62. The molecule has 0 amide bonds. The van der Waals surface area contributed by atoms with Gasteiger partial charge in [-0.15, -0.1) is 0 Å². The van der Waals surface area contributed by atoms with Crippen LogP contribution in [0.1, 0.15) is 18.4 Å². The molecule has 0 aliphatic heterocycles. The van der Waals surface area contributed by atoms with E-state index in [0.717, 1.165) is 32.0 Å². The van der Waals surface area contributed by atoms with Crippen LogP contribution in [-0.4, -0.2) is 16.2 Å². The van der Waals surface area contributed by atoms with Gasteiger partial charge in [-0.3, -0.25) is 4.79 Å². The van der Waals surface area contributed by atoms with Gasteiger partial charge in [0, 0.05) is 6.42 Å². The molecule has 0 atom stereocenters. The molecule has 24 heavy (non-hydrogen) atoms. The van der Waals surface area contributed by atoms with Crippen molar-refractivity contribution in [1.29, 1.82) is 0 Å². The third-order valence-electron chi connectivity index (χ3n) is 3.12. The van der Waals surface area contributed by atoms with E-state index in [9.17, 15) is 9.90 Å². The Labute approximate surface area is 194 Å². The molecule has 0 bridgehead atoms. The smallest absolute Gasteiger partial charge is 0.303 e. The molecule has 0 aliphatic carbocycles. The van der Waals surface area contributed by atoms with E-state index >= 15 is 0 Å². The summed E-state index contributed by atoms with van der Waals surface area (Å²) in [4.78, 5) is 10.6. The summed E-state index contributed by atoms with van der Waals surface area (Å²) in [6.45, 7) is 0. The van der Waals surface area contributed by atoms with Gasteiger partial charge in [0.05, 0.1) is 14.3 Å². The Balaban J connectivity index is 2.21. The number of halogens is 4. The Morgan fingerprint density at radius 1 is 0.958 bits per heavy atom. The topological polar surface area (TPSA) is 66.8 Å². The summed E-state index contributed by atoms with van der Waals surface area (Å²) < 4.78 is 9.46. The summed E-state index contributed by atoms with van der Waals surface area (Å²) in [5.41, 5.74) is 1.10. The van der Waals surface area contributed by atoms with Crippen LogP contribution >= 0.6 is 90.4 Å². The van der Waals surface area contributed by atoms with Crippen molar-refractivity contribution in [3.05, 3.63) is 44.1 Å². The van der Waals surface area contributed by atoms with Crippen molar-refractivity contribution < 1.29 is 19.7 Å². The Morgan fingerprint density at radius 2 is 1.50 bits per heavy atom. The number of rotatable bonds is 6. The Morgan fingerprint density at radius 3 is 2.00 bits per heavy atom. The van der Waals surface area contributed by atoms with Gasteiger partial charge in [0.1, 0.15) is 11.5 Å². The number of aliphatic carboxylic acids is 1. The molecule has 2 N–H and O–H groups in total. The number of hydrogen-bond acceptors (Lipinski definition) is 3. The molecule has 0 saturated heterocycles. The molecule has 8 heteroatoms. The number of ether oxygens (including phenoxy) is 1. The lowest BCUT2D eigenvalue weighted by Crippen LogP contribution is -1.98. The van der Waals surface area contributed by atoms with Gasteiger partial charge in [-0.2, -0.15) is 0 Å². The van der Waals surface area contributed by atoms with Gasteiger partial charge < -0.3 is 14.9 Å². The maximum Gasteiger partial charge on any atom is 0.303 e. The Hall–Kier alpha value is 0.430. The molecule has 0 aliphatic rings. The lowest BCUT2D eigenvalue weighted by atomic mass is 10.1. The predicted molar refractivity (Wildman–Crippen MR) is 126 cm³/mol. The second kappa shape index (κ2) is 9.39. The minimum absolute atomic E-state index is 0.176. The molecular formula is C16H12I4O4. The van der Waals surface area contributed by atoms with Crippen molar-refractivity contribution in [2.45, 2.75) is 19.3 Å². The van der Waals surface area contributed by atoms with Crippen LogP contribution in [0, 0.1) is 14.3 Å². The number of phenolic OH excluding ortho intramolecular Hbond substituents is 1. The van der Waals surface area contributed by atoms with Crippen molar-refractivity contribution in [3.63, 3.8) is 0 Å². The first kappa shape index (κ1) is 20.7. The molecule has 0 aromatic heterocycles. The summed E-state index contributed by atoms with van der Waals surface area (Å²) in [7, 11) is 0. The third kappa shape index (κ3) is 5.72. The molecule has 0 saturated carbocycles. The summed E-state index contributed by atoms with van der Waals surface area (Å²) >= 11 is 8.61. The van der Waals surface area contributed by atoms with Crippen molar-refractivity contribution in [2.24, 2.45) is 0 Å². The van der Waals surface area contributed by atoms with Crippen molar-refractivity contribution in [3.8, 4) is 17.2 Å². The zero-order valence-electron chi connectivity index (χ0n) is 12.2. The first-order chi connectivity index (χ1) is 11.3. The number of aryl methyl sites for hydroxylation is 1. The molecule has 2 rings (SSSR count). The predicted octanol–water partition coefficient (Wildman–Crippen LogP) is 6.01. The highest BCUT2D eigenvalue weighted by Gasteiger charge is 2.13. The van der Waals surface area contributed by atoms with E-state index in [1.807, 2.05) is 12.1 Å². The van der Waals surface area contributed by atoms with Gasteiger partial charge in [0.15, 0.2) is 5.75 Å². The minimum atomic E-state index is -0.768. The fourth-order valence-corrected chi connectivity index (χ4v) is 5.85. The molecule has 4 nitrogen and oxygen atoms in total. The van der Waals surface area contributed by atoms with Crippen LogP contribution in [0.3, 0.4) is 0 Å². The summed E-state index contributed by atoms with van der Waals surface area (Å²) in [5, 5.41) is 18.6. The Kier molecular flexibility index (Phi) is 8.11. The molecule has 0 radical (unpaired) electrons. The highest BCUT2D eigenvalue weighted by Crippen LogP contribution is 2.36. The molecule has 128 valence electrons. The lowest BCUT2D eigenvalue weighted by molar-refractivity contribution is -0.137. The number of carbonyl (C=O) groups is 1. The summed E-state index contributed by atoms with van der Waals surface area (Å²) in [6, 6.07) is 7.64. The largest absolute Gasteiger partial charge is 0.506 e. The first-order valence-electron chi connectivity index (χ1n) is 6.83. The molecule has 0 spiro atoms. The van der Waals surface area contributed by atoms with E-state index in [-0.39, 0.29) is 12.2 Å². The van der Waals surface area contributed by atoms with Crippen LogP contribution in [0.5, 0.6) is 17.2 Å². The van der Waals surface area contributed by atoms with Gasteiger partial charge in [0.25, 0.3) is 0 Å². The van der Waals surface area contributed by atoms with Crippen molar-refractivity contribution in [2.75, 3.05) is 0 Å². The fourth-order valence-electron chi connectivity index (χ4n) is 2.02. The maximum absolute atomic E-state index is 10.6. The minimum Gasteiger partial charge on any atom is -0.506 e. The molecule has 2 aromatic carbocycles. The molecule has 0 fully saturated rings. The van der Waals surface area contributed by atoms with E-state index in [1.54, 1.807) is 12.1 Å². The highest BCUT2D eigenvalue weighted by molar-refractivity contribution is 14.1. The van der Waals surface area contributed by atoms with Crippen LogP contribution < -0.4 is 4.74 Å². The van der Waals surface area contributed by atoms with Gasteiger partial charge in [0.2, 0.25) is 0 Å². The Bertz CT molecular complexity index is 731. The number of aromatic hydroxyl groups is 1. The van der Waals surface area contributed by atoms with E-state index in [1.165, 1.54) is 0 Å². The van der Waals surface area contributed by atoms with E-state index in [0.29, 0.717) is 12.2 Å². The zero-order valence-corrected chi connectivity index (χ0v) is 20.8. The van der Waals surface area contributed by atoms with Crippen LogP contribution in [0.15, 0.2) is 24.3 Å². The number of carboxylic acids is 1. The summed E-state index contributed by atoms with van der Waals surface area (Å²) in [6.07, 6.45) is 1.53. The van der Waals surface area contributed by atoms with Gasteiger partial charge >= 0.3 is 5.97 Å². The number of hydrogen-bond donors (Lipinski definition) is 2. The zero-order chi connectivity index (χ0) is 17.9. The quantitative estimate of drug-likeness (QED) is 0.353. The number of phenols is 1. The third-order valence-corrected chi connectivity index (χ3v) is 6.37. The van der Waals surface area contributed by atoms with E-state index < -0.39 is 5.97 Å². The number of benzene rings is 2. The monoisotopic (exact) mass is 776 g/mol. The molecular weight excluding hydrogens is 764 g/mol. The van der Waals surface area contributed by atoms with Gasteiger partial charge in [-0.25, -0.2) is 0 Å². The molecule has 2 aromatic rings. The van der Waals surface area contributed by atoms with Crippen LogP contribution in [0.25, 0.3) is 0 Å². The average Bonchev–Trinajstić information content (AvgIpc) is 2.48. The maximum atomic E-state index is 10.6. The van der Waals surface area contributed by atoms with Crippen molar-refractivity contribution >= 4 is 96.3 Å². The second-order valence-electron chi connectivity index (χ2n) is 4.97. The van der Waals surface area contributed by atoms with Gasteiger partial charge in [-0.05, 0) is 133 Å². The standard InChI is InChI=1S/C16H12I4O4/c17-10-6-9(7-11(18)15(10)23)24-16-12(19)4-8(5-13(16)20)2-1-3-14(21)22/h4-7,23H,1-3H2,(H,21,22). The normalized spacial score (nSPS) is 10.7. The lowest BCUT2D eigenvalue weighted by Gasteiger charge is -2.13. The van der Waals surface area contributed by atoms with Crippen LogP contribution in [0.2, 0.25) is 0 Å². The van der Waals surface area contributed by atoms with E-state index in [4.69, 9.17) is 9.84 Å². The fraction of sp³-hybridized carbons (Fsp3) is 0.188. The van der Waals surface area contributed by atoms with Gasteiger partial charge in [-0.1, -0.05) is 0 Å². The molecule has 0 heterocycles. The summed E-state index contributed by atoms with van der Waals surface area (Å²) in [5.74, 6) is 0.948. The number of carboxylic acid groups (broad SMARTS) is 1. The van der Waals surface area contributed by atoms with E-state index in [2.05, 4.69) is 90.4 Å². The molecule has 0 unspecified atom stereocenters. The van der Waals surface area contributed by atoms with Crippen LogP contribution in [-0.2, 0) is 11.2 Å². The highest BCUT2D eigenvalue weighted by atomic mass is 127. The average molecular weight is 776 g/mol. The first-order valence-corrected chi connectivity index (χ1v) is 11.1. The SMILES string of the molecule is O=C(O)CCCc1cc(I)c(Oc2cc(I)c(O)c(I)c2)c(I)c1. The van der Waals surface area contributed by atoms with Crippen molar-refractivity contribution in [1.82, 2.24) is 0 Å².